The molecule has 2 heterocycles. The largest absolute Gasteiger partial charge is 0.357 e. The zero-order chi connectivity index (χ0) is 15.6. The van der Waals surface area contributed by atoms with Crippen LogP contribution in [0.3, 0.4) is 0 Å². The number of hydrogen-bond acceptors (Lipinski definition) is 3. The molecule has 2 N–H and O–H groups in total. The molecule has 1 aliphatic heterocycles. The van der Waals surface area contributed by atoms with Crippen molar-refractivity contribution in [1.82, 2.24) is 15.5 Å². The zero-order valence-electron chi connectivity index (χ0n) is 14.4. The number of thiophene rings is 1. The number of likely N-dealkylation sites (tertiary alicyclic amines) is 1. The highest BCUT2D eigenvalue weighted by molar-refractivity contribution is 14.0. The molecule has 0 radical (unpaired) electrons. The Morgan fingerprint density at radius 3 is 2.52 bits per heavy atom. The third-order valence-corrected chi connectivity index (χ3v) is 5.19. The molecule has 132 valence electrons. The number of aliphatic imine (C=N–C) groups is 1. The lowest BCUT2D eigenvalue weighted by Crippen LogP contribution is -2.42. The summed E-state index contributed by atoms with van der Waals surface area (Å²) in [4.78, 5) is 10.0. The molecule has 0 unspecified atom stereocenters. The average Bonchev–Trinajstić information content (AvgIpc) is 3.02. The van der Waals surface area contributed by atoms with Crippen LogP contribution in [0.25, 0.3) is 0 Å². The summed E-state index contributed by atoms with van der Waals surface area (Å²) < 4.78 is 0. The van der Waals surface area contributed by atoms with Crippen molar-refractivity contribution in [2.24, 2.45) is 4.99 Å². The molecule has 1 fully saturated rings. The summed E-state index contributed by atoms with van der Waals surface area (Å²) in [5, 5.41) is 6.80. The summed E-state index contributed by atoms with van der Waals surface area (Å²) in [5.74, 6) is 0.936. The van der Waals surface area contributed by atoms with Crippen LogP contribution in [0, 0.1) is 0 Å². The summed E-state index contributed by atoms with van der Waals surface area (Å²) in [6.45, 7) is 10.6. The molecular formula is C17H31IN4S. The lowest BCUT2D eigenvalue weighted by atomic mass is 10.1. The quantitative estimate of drug-likeness (QED) is 0.380. The summed E-state index contributed by atoms with van der Waals surface area (Å²) in [7, 11) is 0. The van der Waals surface area contributed by atoms with Crippen molar-refractivity contribution in [3.63, 3.8) is 0 Å². The first-order valence-corrected chi connectivity index (χ1v) is 9.45. The first kappa shape index (κ1) is 20.7. The minimum atomic E-state index is 0. The Hall–Kier alpha value is -0.340. The average molecular weight is 450 g/mol. The topological polar surface area (TPSA) is 39.7 Å². The maximum absolute atomic E-state index is 4.70. The summed E-state index contributed by atoms with van der Waals surface area (Å²) in [6.07, 6.45) is 5.22. The molecule has 2 rings (SSSR count). The van der Waals surface area contributed by atoms with E-state index in [2.05, 4.69) is 41.5 Å². The van der Waals surface area contributed by atoms with Gasteiger partial charge in [0.05, 0.1) is 6.54 Å². The van der Waals surface area contributed by atoms with Crippen molar-refractivity contribution >= 4 is 41.3 Å². The molecular weight excluding hydrogens is 419 g/mol. The minimum Gasteiger partial charge on any atom is -0.357 e. The van der Waals surface area contributed by atoms with Crippen LogP contribution in [0.1, 0.15) is 42.9 Å². The highest BCUT2D eigenvalue weighted by Crippen LogP contribution is 2.17. The van der Waals surface area contributed by atoms with Crippen LogP contribution in [0.4, 0.5) is 0 Å². The minimum absolute atomic E-state index is 0. The Bertz CT molecular complexity index is 455. The van der Waals surface area contributed by atoms with Gasteiger partial charge in [0.1, 0.15) is 0 Å². The number of nitrogens with zero attached hydrogens (tertiary/aromatic N) is 2. The predicted octanol–water partition coefficient (Wildman–Crippen LogP) is 3.47. The first-order valence-electron chi connectivity index (χ1n) is 8.64. The molecule has 4 nitrogen and oxygen atoms in total. The van der Waals surface area contributed by atoms with E-state index in [0.29, 0.717) is 0 Å². The Morgan fingerprint density at radius 1 is 1.13 bits per heavy atom. The van der Waals surface area contributed by atoms with Crippen molar-refractivity contribution in [3.8, 4) is 0 Å². The van der Waals surface area contributed by atoms with Crippen molar-refractivity contribution < 1.29 is 0 Å². The smallest absolute Gasteiger partial charge is 0.191 e. The van der Waals surface area contributed by atoms with Crippen LogP contribution in [-0.2, 0) is 13.0 Å². The van der Waals surface area contributed by atoms with Gasteiger partial charge in [-0.1, -0.05) is 13.3 Å². The number of aryl methyl sites for hydroxylation is 1. The third-order valence-electron chi connectivity index (χ3n) is 3.97. The molecule has 0 spiro atoms. The van der Waals surface area contributed by atoms with E-state index in [1.165, 1.54) is 42.1 Å². The van der Waals surface area contributed by atoms with Crippen LogP contribution >= 0.6 is 35.3 Å². The van der Waals surface area contributed by atoms with Gasteiger partial charge in [0, 0.05) is 29.4 Å². The molecule has 1 saturated heterocycles. The summed E-state index contributed by atoms with van der Waals surface area (Å²) in [5.41, 5.74) is 0. The van der Waals surface area contributed by atoms with Crippen molar-refractivity contribution in [3.05, 3.63) is 21.9 Å². The van der Waals surface area contributed by atoms with Gasteiger partial charge in [-0.2, -0.15) is 0 Å². The molecule has 0 amide bonds. The second-order valence-corrected chi connectivity index (χ2v) is 7.00. The standard InChI is InChI=1S/C17H30N4S.HI/c1-3-15-8-9-16(22-15)14-20-17(18-4-2)19-10-13-21-11-6-5-7-12-21;/h8-9H,3-7,10-14H2,1-2H3,(H2,18,19,20);1H. The maximum Gasteiger partial charge on any atom is 0.191 e. The van der Waals surface area contributed by atoms with Gasteiger partial charge in [0.25, 0.3) is 0 Å². The molecule has 1 aliphatic rings. The van der Waals surface area contributed by atoms with E-state index in [9.17, 15) is 0 Å². The van der Waals surface area contributed by atoms with Crippen LogP contribution < -0.4 is 10.6 Å². The maximum atomic E-state index is 4.70. The zero-order valence-corrected chi connectivity index (χ0v) is 17.6. The number of piperidine rings is 1. The lowest BCUT2D eigenvalue weighted by molar-refractivity contribution is 0.232. The van der Waals surface area contributed by atoms with Crippen LogP contribution in [-0.4, -0.2) is 43.6 Å². The molecule has 0 aromatic carbocycles. The lowest BCUT2D eigenvalue weighted by Gasteiger charge is -2.26. The molecule has 0 aliphatic carbocycles. The molecule has 23 heavy (non-hydrogen) atoms. The number of hydrogen-bond donors (Lipinski definition) is 2. The van der Waals surface area contributed by atoms with Gasteiger partial charge >= 0.3 is 0 Å². The van der Waals surface area contributed by atoms with Gasteiger partial charge in [-0.25, -0.2) is 4.99 Å². The second-order valence-electron chi connectivity index (χ2n) is 5.75. The fraction of sp³-hybridized carbons (Fsp3) is 0.706. The van der Waals surface area contributed by atoms with Crippen LogP contribution in [0.5, 0.6) is 0 Å². The Morgan fingerprint density at radius 2 is 1.87 bits per heavy atom. The second kappa shape index (κ2) is 12.1. The van der Waals surface area contributed by atoms with E-state index < -0.39 is 0 Å². The molecule has 0 saturated carbocycles. The van der Waals surface area contributed by atoms with Crippen molar-refractivity contribution in [1.29, 1.82) is 0 Å². The van der Waals surface area contributed by atoms with E-state index in [-0.39, 0.29) is 24.0 Å². The summed E-state index contributed by atoms with van der Waals surface area (Å²) in [6, 6.07) is 4.41. The van der Waals surface area contributed by atoms with Gasteiger partial charge < -0.3 is 15.5 Å². The van der Waals surface area contributed by atoms with Gasteiger partial charge in [0.2, 0.25) is 0 Å². The first-order chi connectivity index (χ1) is 10.8. The SMILES string of the molecule is CCNC(=NCc1ccc(CC)s1)NCCN1CCCCC1.I. The Balaban J connectivity index is 0.00000264. The van der Waals surface area contributed by atoms with Crippen molar-refractivity contribution in [2.75, 3.05) is 32.7 Å². The summed E-state index contributed by atoms with van der Waals surface area (Å²) >= 11 is 1.87. The van der Waals surface area contributed by atoms with Crippen molar-refractivity contribution in [2.45, 2.75) is 46.1 Å². The van der Waals surface area contributed by atoms with E-state index in [1.807, 2.05) is 11.3 Å². The third kappa shape index (κ3) is 7.85. The van der Waals surface area contributed by atoms with Gasteiger partial charge in [0.15, 0.2) is 5.96 Å². The fourth-order valence-electron chi connectivity index (χ4n) is 2.71. The molecule has 1 aromatic heterocycles. The Kier molecular flexibility index (Phi) is 10.9. The highest BCUT2D eigenvalue weighted by atomic mass is 127. The van der Waals surface area contributed by atoms with Gasteiger partial charge in [-0.05, 0) is 51.4 Å². The number of guanidine groups is 1. The Labute approximate surface area is 162 Å². The number of rotatable bonds is 7. The van der Waals surface area contributed by atoms with E-state index in [0.717, 1.165) is 38.6 Å². The highest BCUT2D eigenvalue weighted by Gasteiger charge is 2.09. The van der Waals surface area contributed by atoms with Crippen LogP contribution in [0.2, 0.25) is 0 Å². The van der Waals surface area contributed by atoms with Gasteiger partial charge in [-0.15, -0.1) is 35.3 Å². The van der Waals surface area contributed by atoms with E-state index in [4.69, 9.17) is 4.99 Å². The molecule has 1 aromatic rings. The van der Waals surface area contributed by atoms with E-state index in [1.54, 1.807) is 0 Å². The van der Waals surface area contributed by atoms with Gasteiger partial charge in [-0.3, -0.25) is 0 Å². The molecule has 6 heteroatoms. The predicted molar refractivity (Wildman–Crippen MR) is 112 cm³/mol. The fourth-order valence-corrected chi connectivity index (χ4v) is 3.59. The number of halogens is 1. The normalized spacial score (nSPS) is 16.0. The monoisotopic (exact) mass is 450 g/mol. The number of nitrogens with one attached hydrogen (secondary N) is 2. The van der Waals surface area contributed by atoms with E-state index >= 15 is 0 Å². The molecule has 0 bridgehead atoms. The molecule has 0 atom stereocenters. The van der Waals surface area contributed by atoms with Crippen LogP contribution in [0.15, 0.2) is 17.1 Å².